The number of amides is 1. The van der Waals surface area contributed by atoms with Gasteiger partial charge in [-0.2, -0.15) is 0 Å². The molecule has 0 aliphatic carbocycles. The highest BCUT2D eigenvalue weighted by atomic mass is 16.6. The van der Waals surface area contributed by atoms with Gasteiger partial charge in [0.05, 0.1) is 12.6 Å². The predicted molar refractivity (Wildman–Crippen MR) is 129 cm³/mol. The van der Waals surface area contributed by atoms with Crippen molar-refractivity contribution >= 4 is 11.9 Å². The normalized spacial score (nSPS) is 12.2. The van der Waals surface area contributed by atoms with E-state index in [0.717, 1.165) is 18.4 Å². The van der Waals surface area contributed by atoms with Crippen molar-refractivity contribution in [2.45, 2.75) is 51.7 Å². The number of carbonyl (C=O) groups excluding carboxylic acids is 2. The molecule has 1 atom stereocenters. The maximum absolute atomic E-state index is 12.6. The van der Waals surface area contributed by atoms with Crippen LogP contribution in [0.25, 0.3) is 11.5 Å². The Morgan fingerprint density at radius 3 is 2.32 bits per heavy atom. The van der Waals surface area contributed by atoms with E-state index in [4.69, 9.17) is 9.15 Å². The summed E-state index contributed by atoms with van der Waals surface area (Å²) in [7, 11) is 0. The van der Waals surface area contributed by atoms with E-state index in [1.807, 2.05) is 69.3 Å². The molecule has 0 bridgehead atoms. The largest absolute Gasteiger partial charge is 0.444 e. The van der Waals surface area contributed by atoms with Gasteiger partial charge < -0.3 is 14.5 Å². The number of nitrogens with zero attached hydrogens (tertiary/aromatic N) is 2. The average molecular weight is 465 g/mol. The molecule has 1 heterocycles. The summed E-state index contributed by atoms with van der Waals surface area (Å²) in [4.78, 5) is 24.4. The lowest BCUT2D eigenvalue weighted by Gasteiger charge is -2.19. The summed E-state index contributed by atoms with van der Waals surface area (Å²) >= 11 is 0. The molecular formula is C26H32N4O4. The van der Waals surface area contributed by atoms with Gasteiger partial charge >= 0.3 is 6.09 Å². The molecule has 8 nitrogen and oxygen atoms in total. The second kappa shape index (κ2) is 12.1. The highest BCUT2D eigenvalue weighted by Crippen LogP contribution is 2.23. The molecule has 0 unspecified atom stereocenters. The van der Waals surface area contributed by atoms with E-state index < -0.39 is 11.7 Å². The Morgan fingerprint density at radius 2 is 1.65 bits per heavy atom. The summed E-state index contributed by atoms with van der Waals surface area (Å²) in [5.74, 6) is 0.850. The van der Waals surface area contributed by atoms with Crippen LogP contribution in [-0.2, 0) is 4.74 Å². The van der Waals surface area contributed by atoms with Crippen LogP contribution in [0, 0.1) is 0 Å². The molecule has 8 heteroatoms. The number of nitrogens with one attached hydrogen (secondary N) is 2. The number of benzene rings is 2. The minimum Gasteiger partial charge on any atom is -0.444 e. The number of ketones is 1. The van der Waals surface area contributed by atoms with Gasteiger partial charge in [-0.15, -0.1) is 10.2 Å². The summed E-state index contributed by atoms with van der Waals surface area (Å²) in [6.07, 6.45) is 1.74. The van der Waals surface area contributed by atoms with E-state index in [0.29, 0.717) is 30.3 Å². The van der Waals surface area contributed by atoms with E-state index in [9.17, 15) is 9.59 Å². The molecule has 3 rings (SSSR count). The van der Waals surface area contributed by atoms with Gasteiger partial charge in [-0.25, -0.2) is 4.79 Å². The molecule has 0 aliphatic heterocycles. The first-order valence-electron chi connectivity index (χ1n) is 11.5. The van der Waals surface area contributed by atoms with Gasteiger partial charge in [0.15, 0.2) is 5.78 Å². The van der Waals surface area contributed by atoms with Crippen LogP contribution in [0.5, 0.6) is 0 Å². The maximum atomic E-state index is 12.6. The summed E-state index contributed by atoms with van der Waals surface area (Å²) in [5.41, 5.74) is 0.950. The molecule has 0 saturated heterocycles. The Labute approximate surface area is 200 Å². The van der Waals surface area contributed by atoms with Gasteiger partial charge in [0.1, 0.15) is 5.60 Å². The van der Waals surface area contributed by atoms with E-state index in [2.05, 4.69) is 20.8 Å². The number of Topliss-reactive ketones (excluding diaryl/α,β-unsaturated/α-hetero) is 1. The Balaban J connectivity index is 1.58. The first kappa shape index (κ1) is 25.1. The quantitative estimate of drug-likeness (QED) is 0.306. The van der Waals surface area contributed by atoms with Gasteiger partial charge in [0, 0.05) is 17.7 Å². The molecule has 0 aliphatic rings. The van der Waals surface area contributed by atoms with Crippen molar-refractivity contribution in [2.24, 2.45) is 0 Å². The molecule has 3 aromatic rings. The van der Waals surface area contributed by atoms with Crippen LogP contribution in [0.4, 0.5) is 4.79 Å². The van der Waals surface area contributed by atoms with Crippen molar-refractivity contribution in [3.63, 3.8) is 0 Å². The molecule has 0 spiro atoms. The number of rotatable bonds is 11. The van der Waals surface area contributed by atoms with E-state index >= 15 is 0 Å². The van der Waals surface area contributed by atoms with Crippen molar-refractivity contribution in [2.75, 3.05) is 13.1 Å². The van der Waals surface area contributed by atoms with Gasteiger partial charge in [-0.3, -0.25) is 10.1 Å². The zero-order valence-corrected chi connectivity index (χ0v) is 19.9. The second-order valence-electron chi connectivity index (χ2n) is 8.96. The Kier molecular flexibility index (Phi) is 8.93. The maximum Gasteiger partial charge on any atom is 0.407 e. The first-order valence-corrected chi connectivity index (χ1v) is 11.5. The number of alkyl carbamates (subject to hydrolysis) is 1. The number of carbonyl (C=O) groups is 2. The van der Waals surface area contributed by atoms with Crippen molar-refractivity contribution < 1.29 is 18.7 Å². The van der Waals surface area contributed by atoms with Crippen LogP contribution in [0.15, 0.2) is 65.1 Å². The Morgan fingerprint density at radius 1 is 0.971 bits per heavy atom. The van der Waals surface area contributed by atoms with Crippen LogP contribution < -0.4 is 10.6 Å². The van der Waals surface area contributed by atoms with Crippen LogP contribution in [0.1, 0.15) is 62.3 Å². The summed E-state index contributed by atoms with van der Waals surface area (Å²) < 4.78 is 11.2. The topological polar surface area (TPSA) is 106 Å². The predicted octanol–water partition coefficient (Wildman–Crippen LogP) is 4.95. The van der Waals surface area contributed by atoms with Gasteiger partial charge in [0.2, 0.25) is 11.8 Å². The molecule has 34 heavy (non-hydrogen) atoms. The fraction of sp³-hybridized carbons (Fsp3) is 0.385. The van der Waals surface area contributed by atoms with Gasteiger partial charge in [-0.1, -0.05) is 48.5 Å². The van der Waals surface area contributed by atoms with E-state index in [1.54, 1.807) is 12.1 Å². The fourth-order valence-corrected chi connectivity index (χ4v) is 3.31. The number of hydrogen-bond donors (Lipinski definition) is 2. The van der Waals surface area contributed by atoms with Crippen LogP contribution in [-0.4, -0.2) is 40.8 Å². The molecule has 1 amide bonds. The van der Waals surface area contributed by atoms with E-state index in [-0.39, 0.29) is 18.4 Å². The van der Waals surface area contributed by atoms with Gasteiger partial charge in [-0.05, 0) is 52.2 Å². The fourth-order valence-electron chi connectivity index (χ4n) is 3.31. The van der Waals surface area contributed by atoms with Crippen molar-refractivity contribution in [1.29, 1.82) is 0 Å². The lowest BCUT2D eigenvalue weighted by Crippen LogP contribution is -2.33. The van der Waals surface area contributed by atoms with Crippen LogP contribution in [0.2, 0.25) is 0 Å². The number of ether oxygens (including phenoxy) is 1. The van der Waals surface area contributed by atoms with Crippen molar-refractivity contribution in [1.82, 2.24) is 20.8 Å². The SMILES string of the molecule is CC(C)(C)OC(=O)NCCCC[C@H](NCC(=O)c1ccccc1)c1nnc(-c2ccccc2)o1. The third-order valence-corrected chi connectivity index (χ3v) is 4.95. The minimum atomic E-state index is -0.529. The smallest absolute Gasteiger partial charge is 0.407 e. The number of hydrogen-bond acceptors (Lipinski definition) is 7. The number of aromatic nitrogens is 2. The second-order valence-corrected chi connectivity index (χ2v) is 8.96. The highest BCUT2D eigenvalue weighted by Gasteiger charge is 2.21. The molecule has 0 saturated carbocycles. The molecule has 2 aromatic carbocycles. The zero-order valence-electron chi connectivity index (χ0n) is 19.9. The molecule has 0 radical (unpaired) electrons. The molecule has 180 valence electrons. The molecule has 1 aromatic heterocycles. The minimum absolute atomic E-state index is 0.0139. The lowest BCUT2D eigenvalue weighted by atomic mass is 10.1. The molecule has 0 fully saturated rings. The lowest BCUT2D eigenvalue weighted by molar-refractivity contribution is 0.0526. The average Bonchev–Trinajstić information content (AvgIpc) is 3.31. The number of unbranched alkanes of at least 4 members (excludes halogenated alkanes) is 1. The van der Waals surface area contributed by atoms with Crippen LogP contribution in [0.3, 0.4) is 0 Å². The first-order chi connectivity index (χ1) is 16.3. The Bertz CT molecular complexity index is 1050. The third-order valence-electron chi connectivity index (χ3n) is 4.95. The van der Waals surface area contributed by atoms with Crippen molar-refractivity contribution in [3.8, 4) is 11.5 Å². The molecule has 2 N–H and O–H groups in total. The van der Waals surface area contributed by atoms with E-state index in [1.165, 1.54) is 0 Å². The summed E-state index contributed by atoms with van der Waals surface area (Å²) in [6, 6.07) is 18.4. The Hall–Kier alpha value is -3.52. The standard InChI is InChI=1S/C26H32N4O4/c1-26(2,3)34-25(32)27-17-11-10-16-21(28-18-22(31)19-12-6-4-7-13-19)24-30-29-23(33-24)20-14-8-5-9-15-20/h4-9,12-15,21,28H,10-11,16-18H2,1-3H3,(H,27,32)/t21-/m0/s1. The summed E-state index contributed by atoms with van der Waals surface area (Å²) in [6.45, 7) is 6.12. The van der Waals surface area contributed by atoms with Gasteiger partial charge in [0.25, 0.3) is 0 Å². The zero-order chi connectivity index (χ0) is 24.4. The monoisotopic (exact) mass is 464 g/mol. The molecular weight excluding hydrogens is 432 g/mol. The third kappa shape index (κ3) is 8.12. The van der Waals surface area contributed by atoms with Crippen molar-refractivity contribution in [3.05, 3.63) is 72.1 Å². The van der Waals surface area contributed by atoms with Crippen LogP contribution >= 0.6 is 0 Å². The summed E-state index contributed by atoms with van der Waals surface area (Å²) in [5, 5.41) is 14.4. The highest BCUT2D eigenvalue weighted by molar-refractivity contribution is 5.97.